The van der Waals surface area contributed by atoms with Crippen molar-refractivity contribution in [1.82, 2.24) is 0 Å². The number of rotatable bonds is 14. The van der Waals surface area contributed by atoms with E-state index in [0.717, 1.165) is 54.5 Å². The van der Waals surface area contributed by atoms with Crippen molar-refractivity contribution >= 4 is 0 Å². The van der Waals surface area contributed by atoms with Gasteiger partial charge in [0.2, 0.25) is 0 Å². The molecular weight excluding hydrogens is 476 g/mol. The molecule has 0 heterocycles. The molecule has 218 valence electrons. The fourth-order valence-corrected chi connectivity index (χ4v) is 5.05. The smallest absolute Gasteiger partial charge is 0.127 e. The highest BCUT2D eigenvalue weighted by Gasteiger charge is 2.32. The summed E-state index contributed by atoms with van der Waals surface area (Å²) in [7, 11) is 0. The molecule has 1 N–H and O–H groups in total. The van der Waals surface area contributed by atoms with Crippen LogP contribution in [0.4, 0.5) is 0 Å². The molecule has 2 aromatic carbocycles. The number of benzene rings is 2. The van der Waals surface area contributed by atoms with Crippen LogP contribution < -0.4 is 4.74 Å². The number of phenolic OH excluding ortho intramolecular Hbond substituents is 1. The van der Waals surface area contributed by atoms with E-state index in [1.54, 1.807) is 0 Å². The molecule has 0 spiro atoms. The summed E-state index contributed by atoms with van der Waals surface area (Å²) in [5, 5.41) is 11.8. The van der Waals surface area contributed by atoms with Gasteiger partial charge in [0.25, 0.3) is 0 Å². The number of hydrogen-bond donors (Lipinski definition) is 1. The van der Waals surface area contributed by atoms with E-state index in [4.69, 9.17) is 4.74 Å². The second kappa shape index (κ2) is 13.0. The zero-order valence-electron chi connectivity index (χ0n) is 27.3. The predicted octanol–water partition coefficient (Wildman–Crippen LogP) is 10.8. The number of ether oxygens (including phenoxy) is 1. The van der Waals surface area contributed by atoms with Gasteiger partial charge in [0.15, 0.2) is 0 Å². The lowest BCUT2D eigenvalue weighted by Gasteiger charge is -2.34. The SMILES string of the molecule is C=CCOc1c(C(C)c2cc(C(C)(C)CC)cc(CC(C)CC)c2O)cc(C(C)(C)CC)cc1C(C)(C)CC. The van der Waals surface area contributed by atoms with Crippen molar-refractivity contribution in [1.29, 1.82) is 0 Å². The van der Waals surface area contributed by atoms with Crippen LogP contribution in [0.25, 0.3) is 0 Å². The van der Waals surface area contributed by atoms with Gasteiger partial charge >= 0.3 is 0 Å². The molecule has 0 aliphatic heterocycles. The number of phenols is 1. The molecule has 2 aromatic rings. The molecular formula is C37H58O2. The molecule has 0 aromatic heterocycles. The summed E-state index contributed by atoms with van der Waals surface area (Å²) < 4.78 is 6.52. The molecule has 2 nitrogen and oxygen atoms in total. The lowest BCUT2D eigenvalue weighted by atomic mass is 9.73. The van der Waals surface area contributed by atoms with Crippen molar-refractivity contribution in [3.63, 3.8) is 0 Å². The van der Waals surface area contributed by atoms with Crippen molar-refractivity contribution in [2.75, 3.05) is 6.61 Å². The van der Waals surface area contributed by atoms with E-state index in [9.17, 15) is 5.11 Å². The third-order valence-corrected chi connectivity index (χ3v) is 9.82. The maximum absolute atomic E-state index is 11.8. The molecule has 0 fully saturated rings. The Bertz CT molecular complexity index is 1120. The van der Waals surface area contributed by atoms with E-state index >= 15 is 0 Å². The summed E-state index contributed by atoms with van der Waals surface area (Å²) in [5.41, 5.74) is 7.10. The van der Waals surface area contributed by atoms with Gasteiger partial charge in [0, 0.05) is 22.6 Å². The van der Waals surface area contributed by atoms with E-state index in [2.05, 4.69) is 114 Å². The average Bonchev–Trinajstić information content (AvgIpc) is 2.91. The van der Waals surface area contributed by atoms with Gasteiger partial charge in [-0.3, -0.25) is 0 Å². The number of hydrogen-bond acceptors (Lipinski definition) is 2. The standard InChI is InChI=1S/C37H58O2/c1-14-19-39-34-31(23-29(36(10,11)17-4)24-32(34)37(12,13)18-5)26(7)30-22-28(35(8,9)16-3)21-27(33(30)38)20-25(6)15-2/h14,21-26,38H,1,15-20H2,2-13H3. The van der Waals surface area contributed by atoms with E-state index in [1.165, 1.54) is 16.7 Å². The van der Waals surface area contributed by atoms with Crippen molar-refractivity contribution in [2.24, 2.45) is 5.92 Å². The molecule has 39 heavy (non-hydrogen) atoms. The maximum atomic E-state index is 11.8. The summed E-state index contributed by atoms with van der Waals surface area (Å²) >= 11 is 0. The second-order valence-corrected chi connectivity index (χ2v) is 13.8. The largest absolute Gasteiger partial charge is 0.507 e. The third-order valence-electron chi connectivity index (χ3n) is 9.82. The summed E-state index contributed by atoms with van der Waals surface area (Å²) in [4.78, 5) is 0. The van der Waals surface area contributed by atoms with Crippen LogP contribution in [0.3, 0.4) is 0 Å². The molecule has 2 atom stereocenters. The Morgan fingerprint density at radius 3 is 1.79 bits per heavy atom. The Morgan fingerprint density at radius 1 is 0.795 bits per heavy atom. The Kier molecular flexibility index (Phi) is 11.0. The van der Waals surface area contributed by atoms with Gasteiger partial charge in [0.1, 0.15) is 18.1 Å². The van der Waals surface area contributed by atoms with Crippen LogP contribution >= 0.6 is 0 Å². The maximum Gasteiger partial charge on any atom is 0.127 e. The number of aromatic hydroxyl groups is 1. The molecule has 0 bridgehead atoms. The minimum Gasteiger partial charge on any atom is -0.507 e. The van der Waals surface area contributed by atoms with Crippen LogP contribution in [0.2, 0.25) is 0 Å². The lowest BCUT2D eigenvalue weighted by Crippen LogP contribution is -2.23. The highest BCUT2D eigenvalue weighted by Crippen LogP contribution is 2.47. The van der Waals surface area contributed by atoms with Crippen LogP contribution in [0, 0.1) is 5.92 Å². The highest BCUT2D eigenvalue weighted by atomic mass is 16.5. The van der Waals surface area contributed by atoms with E-state index < -0.39 is 0 Å². The van der Waals surface area contributed by atoms with Gasteiger partial charge in [-0.1, -0.05) is 126 Å². The average molecular weight is 535 g/mol. The topological polar surface area (TPSA) is 29.5 Å². The van der Waals surface area contributed by atoms with Crippen LogP contribution in [0.1, 0.15) is 148 Å². The minimum atomic E-state index is -0.0549. The van der Waals surface area contributed by atoms with Crippen molar-refractivity contribution in [3.8, 4) is 11.5 Å². The van der Waals surface area contributed by atoms with Crippen molar-refractivity contribution < 1.29 is 9.84 Å². The predicted molar refractivity (Wildman–Crippen MR) is 171 cm³/mol. The zero-order valence-corrected chi connectivity index (χ0v) is 27.3. The molecule has 0 amide bonds. The van der Waals surface area contributed by atoms with Gasteiger partial charge in [-0.05, 0) is 64.5 Å². The normalized spacial score (nSPS) is 14.3. The molecule has 2 unspecified atom stereocenters. The first kappa shape index (κ1) is 33.0. The Morgan fingerprint density at radius 2 is 1.31 bits per heavy atom. The van der Waals surface area contributed by atoms with E-state index in [0.29, 0.717) is 18.3 Å². The molecule has 2 rings (SSSR count). The van der Waals surface area contributed by atoms with Gasteiger partial charge in [-0.2, -0.15) is 0 Å². The first-order valence-electron chi connectivity index (χ1n) is 15.4. The van der Waals surface area contributed by atoms with Crippen molar-refractivity contribution in [3.05, 3.63) is 70.3 Å². The van der Waals surface area contributed by atoms with Gasteiger partial charge in [-0.25, -0.2) is 0 Å². The summed E-state index contributed by atoms with van der Waals surface area (Å²) in [5.74, 6) is 1.88. The third kappa shape index (κ3) is 7.30. The molecule has 0 saturated carbocycles. The van der Waals surface area contributed by atoms with E-state index in [-0.39, 0.29) is 22.2 Å². The lowest BCUT2D eigenvalue weighted by molar-refractivity contribution is 0.340. The zero-order chi connectivity index (χ0) is 29.8. The van der Waals surface area contributed by atoms with Crippen molar-refractivity contribution in [2.45, 2.75) is 137 Å². The van der Waals surface area contributed by atoms with Crippen LogP contribution in [0.5, 0.6) is 11.5 Å². The van der Waals surface area contributed by atoms with Crippen LogP contribution in [0.15, 0.2) is 36.9 Å². The van der Waals surface area contributed by atoms with Gasteiger partial charge in [0.05, 0.1) is 0 Å². The van der Waals surface area contributed by atoms with Crippen LogP contribution in [-0.2, 0) is 22.7 Å². The Hall–Kier alpha value is -2.22. The molecule has 0 aliphatic carbocycles. The molecule has 2 heteroatoms. The van der Waals surface area contributed by atoms with Gasteiger partial charge in [-0.15, -0.1) is 0 Å². The molecule has 0 aliphatic rings. The summed E-state index contributed by atoms with van der Waals surface area (Å²) in [6, 6.07) is 9.27. The molecule has 0 radical (unpaired) electrons. The Labute approximate surface area is 241 Å². The van der Waals surface area contributed by atoms with E-state index in [1.807, 2.05) is 6.08 Å². The highest BCUT2D eigenvalue weighted by molar-refractivity contribution is 5.57. The van der Waals surface area contributed by atoms with Gasteiger partial charge < -0.3 is 9.84 Å². The fraction of sp³-hybridized carbons (Fsp3) is 0.622. The summed E-state index contributed by atoms with van der Waals surface area (Å²) in [6.45, 7) is 31.8. The molecule has 0 saturated heterocycles. The first-order chi connectivity index (χ1) is 18.1. The summed E-state index contributed by atoms with van der Waals surface area (Å²) in [6.07, 6.45) is 6.89. The van der Waals surface area contributed by atoms with Crippen LogP contribution in [-0.4, -0.2) is 11.7 Å². The Balaban J connectivity index is 2.98. The fourth-order valence-electron chi connectivity index (χ4n) is 5.05. The minimum absolute atomic E-state index is 0.0238. The second-order valence-electron chi connectivity index (χ2n) is 13.8. The first-order valence-corrected chi connectivity index (χ1v) is 15.4. The monoisotopic (exact) mass is 534 g/mol. The quantitative estimate of drug-likeness (QED) is 0.244.